The third-order valence-corrected chi connectivity index (χ3v) is 5.18. The summed E-state index contributed by atoms with van der Waals surface area (Å²) in [6, 6.07) is 10.1. The van der Waals surface area contributed by atoms with Crippen LogP contribution in [0.1, 0.15) is 0 Å². The molecule has 1 amide bonds. The first kappa shape index (κ1) is 15.2. The number of rotatable bonds is 3. The Bertz CT molecular complexity index is 667. The number of fused-ring (bicyclic) bond motifs is 2. The van der Waals surface area contributed by atoms with Crippen molar-refractivity contribution >= 4 is 17.6 Å². The summed E-state index contributed by atoms with van der Waals surface area (Å²) in [6.07, 6.45) is 2.73. The van der Waals surface area contributed by atoms with Crippen molar-refractivity contribution in [2.24, 2.45) is 11.8 Å². The number of anilines is 1. The van der Waals surface area contributed by atoms with Gasteiger partial charge in [-0.3, -0.25) is 9.59 Å². The van der Waals surface area contributed by atoms with Crippen LogP contribution in [0.25, 0.3) is 0 Å². The molecule has 4 atom stereocenters. The SMILES string of the molecule is O=C(O)[C@H]1[C@H](C(=O)N2CCN(c3ccccc3)CC2)[C@H]2C=C[C@H]1O2. The molecule has 6 nitrogen and oxygen atoms in total. The van der Waals surface area contributed by atoms with Gasteiger partial charge in [0.05, 0.1) is 18.1 Å². The van der Waals surface area contributed by atoms with E-state index in [1.165, 1.54) is 0 Å². The molecule has 0 saturated carbocycles. The average molecular weight is 328 g/mol. The highest BCUT2D eigenvalue weighted by atomic mass is 16.5. The zero-order valence-electron chi connectivity index (χ0n) is 13.2. The van der Waals surface area contributed by atoms with Crippen LogP contribution in [0.3, 0.4) is 0 Å². The lowest BCUT2D eigenvalue weighted by Crippen LogP contribution is -2.53. The average Bonchev–Trinajstić information content (AvgIpc) is 3.23. The van der Waals surface area contributed by atoms with E-state index in [9.17, 15) is 14.7 Å². The normalized spacial score (nSPS) is 31.5. The molecule has 24 heavy (non-hydrogen) atoms. The molecule has 4 rings (SSSR count). The predicted molar refractivity (Wildman–Crippen MR) is 87.7 cm³/mol. The van der Waals surface area contributed by atoms with Crippen LogP contribution < -0.4 is 4.90 Å². The van der Waals surface area contributed by atoms with Crippen LogP contribution in [-0.4, -0.2) is 60.3 Å². The van der Waals surface area contributed by atoms with Gasteiger partial charge in [0.2, 0.25) is 5.91 Å². The monoisotopic (exact) mass is 328 g/mol. The highest BCUT2D eigenvalue weighted by molar-refractivity contribution is 5.87. The number of carboxylic acids is 1. The molecule has 0 aliphatic carbocycles. The number of hydrogen-bond acceptors (Lipinski definition) is 4. The number of piperazine rings is 1. The summed E-state index contributed by atoms with van der Waals surface area (Å²) in [5.74, 6) is -2.40. The minimum Gasteiger partial charge on any atom is -0.481 e. The number of benzene rings is 1. The van der Waals surface area contributed by atoms with E-state index in [4.69, 9.17) is 4.74 Å². The summed E-state index contributed by atoms with van der Waals surface area (Å²) in [7, 11) is 0. The van der Waals surface area contributed by atoms with Gasteiger partial charge in [0.25, 0.3) is 0 Å². The molecule has 1 N–H and O–H groups in total. The number of ether oxygens (including phenoxy) is 1. The van der Waals surface area contributed by atoms with E-state index < -0.39 is 30.0 Å². The van der Waals surface area contributed by atoms with Crippen molar-refractivity contribution in [3.63, 3.8) is 0 Å². The molecule has 1 aromatic carbocycles. The molecule has 6 heteroatoms. The lowest BCUT2D eigenvalue weighted by atomic mass is 9.82. The number of carbonyl (C=O) groups is 2. The van der Waals surface area contributed by atoms with Crippen molar-refractivity contribution in [3.8, 4) is 0 Å². The molecule has 0 unspecified atom stereocenters. The van der Waals surface area contributed by atoms with Crippen molar-refractivity contribution in [1.29, 1.82) is 0 Å². The number of carbonyl (C=O) groups excluding carboxylic acids is 1. The molecule has 3 heterocycles. The van der Waals surface area contributed by atoms with Crippen LogP contribution in [-0.2, 0) is 14.3 Å². The lowest BCUT2D eigenvalue weighted by molar-refractivity contribution is -0.149. The zero-order valence-corrected chi connectivity index (χ0v) is 13.2. The molecular formula is C18H20N2O4. The topological polar surface area (TPSA) is 70.1 Å². The number of hydrogen-bond donors (Lipinski definition) is 1. The van der Waals surface area contributed by atoms with Gasteiger partial charge in [-0.2, -0.15) is 0 Å². The van der Waals surface area contributed by atoms with E-state index in [1.807, 2.05) is 24.3 Å². The summed E-state index contributed by atoms with van der Waals surface area (Å²) in [4.78, 5) is 28.4. The molecule has 1 aromatic rings. The van der Waals surface area contributed by atoms with E-state index in [0.29, 0.717) is 13.1 Å². The van der Waals surface area contributed by atoms with E-state index >= 15 is 0 Å². The van der Waals surface area contributed by atoms with Crippen LogP contribution in [0.2, 0.25) is 0 Å². The standard InChI is InChI=1S/C18H20N2O4/c21-17(15-13-6-7-14(24-13)16(15)18(22)23)20-10-8-19(9-11-20)12-4-2-1-3-5-12/h1-7,13-16H,8-11H2,(H,22,23)/t13-,14-,15-,16-/m1/s1. The quantitative estimate of drug-likeness (QED) is 0.838. The fraction of sp³-hybridized carbons (Fsp3) is 0.444. The third kappa shape index (κ3) is 2.47. The van der Waals surface area contributed by atoms with Gasteiger partial charge in [-0.1, -0.05) is 30.4 Å². The summed E-state index contributed by atoms with van der Waals surface area (Å²) in [6.45, 7) is 2.73. The van der Waals surface area contributed by atoms with Gasteiger partial charge in [-0.05, 0) is 12.1 Å². The van der Waals surface area contributed by atoms with E-state index in [0.717, 1.165) is 18.8 Å². The minimum atomic E-state index is -0.951. The second-order valence-electron chi connectivity index (χ2n) is 6.49. The molecule has 126 valence electrons. The molecule has 0 aromatic heterocycles. The number of amides is 1. The lowest BCUT2D eigenvalue weighted by Gasteiger charge is -2.38. The summed E-state index contributed by atoms with van der Waals surface area (Å²) in [5.41, 5.74) is 1.15. The summed E-state index contributed by atoms with van der Waals surface area (Å²) >= 11 is 0. The second-order valence-corrected chi connectivity index (χ2v) is 6.49. The van der Waals surface area contributed by atoms with Crippen LogP contribution in [0.4, 0.5) is 5.69 Å². The van der Waals surface area contributed by atoms with E-state index in [1.54, 1.807) is 11.0 Å². The van der Waals surface area contributed by atoms with Gasteiger partial charge in [0.1, 0.15) is 5.92 Å². The van der Waals surface area contributed by atoms with Crippen LogP contribution >= 0.6 is 0 Å². The Morgan fingerprint density at radius 3 is 2.21 bits per heavy atom. The smallest absolute Gasteiger partial charge is 0.310 e. The van der Waals surface area contributed by atoms with Crippen LogP contribution in [0.5, 0.6) is 0 Å². The minimum absolute atomic E-state index is 0.0908. The Labute approximate surface area is 140 Å². The van der Waals surface area contributed by atoms with Crippen molar-refractivity contribution in [1.82, 2.24) is 4.90 Å². The molecule has 3 aliphatic rings. The number of carboxylic acid groups (broad SMARTS) is 1. The summed E-state index contributed by atoms with van der Waals surface area (Å²) in [5, 5.41) is 9.45. The van der Waals surface area contributed by atoms with Gasteiger partial charge in [0, 0.05) is 31.9 Å². The maximum absolute atomic E-state index is 12.9. The van der Waals surface area contributed by atoms with Gasteiger partial charge in [-0.15, -0.1) is 0 Å². The second kappa shape index (κ2) is 5.94. The van der Waals surface area contributed by atoms with E-state index in [2.05, 4.69) is 17.0 Å². The fourth-order valence-corrected chi connectivity index (χ4v) is 3.93. The maximum Gasteiger partial charge on any atom is 0.310 e. The van der Waals surface area contributed by atoms with Crippen molar-refractivity contribution in [3.05, 3.63) is 42.5 Å². The molecule has 2 fully saturated rings. The first-order chi connectivity index (χ1) is 11.6. The first-order valence-electron chi connectivity index (χ1n) is 8.30. The van der Waals surface area contributed by atoms with Crippen molar-refractivity contribution in [2.75, 3.05) is 31.1 Å². The molecular weight excluding hydrogens is 308 g/mol. The summed E-state index contributed by atoms with van der Waals surface area (Å²) < 4.78 is 5.61. The largest absolute Gasteiger partial charge is 0.481 e. The molecule has 0 spiro atoms. The Morgan fingerprint density at radius 1 is 0.958 bits per heavy atom. The first-order valence-corrected chi connectivity index (χ1v) is 8.30. The Hall–Kier alpha value is -2.34. The predicted octanol–water partition coefficient (Wildman–Crippen LogP) is 0.989. The number of para-hydroxylation sites is 1. The third-order valence-electron chi connectivity index (χ3n) is 5.18. The van der Waals surface area contributed by atoms with Gasteiger partial charge in [0.15, 0.2) is 0 Å². The van der Waals surface area contributed by atoms with Crippen LogP contribution in [0, 0.1) is 11.8 Å². The molecule has 2 saturated heterocycles. The molecule has 3 aliphatic heterocycles. The highest BCUT2D eigenvalue weighted by Crippen LogP contribution is 2.40. The fourth-order valence-electron chi connectivity index (χ4n) is 3.93. The van der Waals surface area contributed by atoms with Gasteiger partial charge < -0.3 is 19.6 Å². The Morgan fingerprint density at radius 2 is 1.58 bits per heavy atom. The van der Waals surface area contributed by atoms with Crippen LogP contribution in [0.15, 0.2) is 42.5 Å². The Balaban J connectivity index is 1.43. The zero-order chi connectivity index (χ0) is 16.7. The van der Waals surface area contributed by atoms with E-state index in [-0.39, 0.29) is 5.91 Å². The number of aliphatic carboxylic acids is 1. The van der Waals surface area contributed by atoms with Crippen molar-refractivity contribution in [2.45, 2.75) is 12.2 Å². The van der Waals surface area contributed by atoms with Crippen molar-refractivity contribution < 1.29 is 19.4 Å². The maximum atomic E-state index is 12.9. The van der Waals surface area contributed by atoms with Gasteiger partial charge >= 0.3 is 5.97 Å². The molecule has 0 radical (unpaired) electrons. The molecule has 2 bridgehead atoms. The Kier molecular flexibility index (Phi) is 3.76. The van der Waals surface area contributed by atoms with Gasteiger partial charge in [-0.25, -0.2) is 0 Å². The highest BCUT2D eigenvalue weighted by Gasteiger charge is 2.54. The number of nitrogens with zero attached hydrogens (tertiary/aromatic N) is 2.